The Morgan fingerprint density at radius 1 is 1.38 bits per heavy atom. The Bertz CT molecular complexity index is 520. The maximum atomic E-state index is 13.0. The van der Waals surface area contributed by atoms with E-state index in [-0.39, 0.29) is 17.8 Å². The summed E-state index contributed by atoms with van der Waals surface area (Å²) in [5.41, 5.74) is -0.290. The van der Waals surface area contributed by atoms with E-state index in [1.807, 2.05) is 0 Å². The number of amides is 2. The minimum Gasteiger partial charge on any atom is -0.478 e. The van der Waals surface area contributed by atoms with Gasteiger partial charge in [0, 0.05) is 6.54 Å². The number of carbonyl (C=O) groups excluding carboxylic acids is 1. The minimum atomic E-state index is -1.32. The number of benzene rings is 1. The van der Waals surface area contributed by atoms with Gasteiger partial charge in [0.05, 0.1) is 24.5 Å². The number of ether oxygens (including phenoxy) is 1. The lowest BCUT2D eigenvalue weighted by atomic mass is 10.2. The second-order valence-electron chi connectivity index (χ2n) is 4.07. The molecule has 2 amide bonds. The van der Waals surface area contributed by atoms with Crippen molar-refractivity contribution in [2.24, 2.45) is 0 Å². The van der Waals surface area contributed by atoms with E-state index in [9.17, 15) is 14.0 Å². The molecular weight excluding hydrogens is 279 g/mol. The number of hydrogen-bond donors (Lipinski definition) is 3. The van der Waals surface area contributed by atoms with Gasteiger partial charge in [0.15, 0.2) is 0 Å². The van der Waals surface area contributed by atoms with Gasteiger partial charge in [-0.2, -0.15) is 0 Å². The Morgan fingerprint density at radius 2 is 2.14 bits per heavy atom. The van der Waals surface area contributed by atoms with Crippen molar-refractivity contribution in [3.8, 4) is 0 Å². The molecule has 0 aliphatic heterocycles. The quantitative estimate of drug-likeness (QED) is 0.507. The molecule has 0 aliphatic rings. The van der Waals surface area contributed by atoms with Crippen molar-refractivity contribution in [2.45, 2.75) is 6.42 Å². The Labute approximate surface area is 121 Å². The maximum Gasteiger partial charge on any atom is 0.337 e. The molecule has 0 radical (unpaired) electrons. The molecule has 3 N–H and O–H groups in total. The SMILES string of the molecule is C=CCCOCCNC(=O)Nc1ccc(F)cc1C(=O)O. The third kappa shape index (κ3) is 6.05. The standard InChI is InChI=1S/C14H17FN2O4/c1-2-3-7-21-8-6-16-14(20)17-12-5-4-10(15)9-11(12)13(18)19/h2,4-5,9H,1,3,6-8H2,(H,18,19)(H2,16,17,20). The Balaban J connectivity index is 2.44. The van der Waals surface area contributed by atoms with Crippen molar-refractivity contribution in [3.05, 3.63) is 42.2 Å². The second kappa shape index (κ2) is 8.70. The van der Waals surface area contributed by atoms with E-state index in [1.54, 1.807) is 6.08 Å². The zero-order valence-electron chi connectivity index (χ0n) is 11.4. The number of rotatable bonds is 8. The average Bonchev–Trinajstić information content (AvgIpc) is 2.44. The summed E-state index contributed by atoms with van der Waals surface area (Å²) >= 11 is 0. The summed E-state index contributed by atoms with van der Waals surface area (Å²) in [5.74, 6) is -2.01. The summed E-state index contributed by atoms with van der Waals surface area (Å²) < 4.78 is 18.2. The van der Waals surface area contributed by atoms with Crippen LogP contribution < -0.4 is 10.6 Å². The molecule has 0 saturated carbocycles. The van der Waals surface area contributed by atoms with Crippen molar-refractivity contribution in [1.82, 2.24) is 5.32 Å². The highest BCUT2D eigenvalue weighted by Crippen LogP contribution is 2.16. The molecule has 1 rings (SSSR count). The van der Waals surface area contributed by atoms with E-state index in [0.29, 0.717) is 13.2 Å². The van der Waals surface area contributed by atoms with Gasteiger partial charge in [-0.25, -0.2) is 14.0 Å². The number of urea groups is 1. The van der Waals surface area contributed by atoms with Crippen LogP contribution in [0.5, 0.6) is 0 Å². The van der Waals surface area contributed by atoms with E-state index in [2.05, 4.69) is 17.2 Å². The molecule has 0 spiro atoms. The van der Waals surface area contributed by atoms with Crippen LogP contribution in [0.15, 0.2) is 30.9 Å². The molecule has 0 saturated heterocycles. The van der Waals surface area contributed by atoms with Gasteiger partial charge >= 0.3 is 12.0 Å². The number of hydrogen-bond acceptors (Lipinski definition) is 3. The lowest BCUT2D eigenvalue weighted by Crippen LogP contribution is -2.32. The zero-order chi connectivity index (χ0) is 15.7. The summed E-state index contributed by atoms with van der Waals surface area (Å²) in [6, 6.07) is 2.52. The lowest BCUT2D eigenvalue weighted by Gasteiger charge is -2.10. The van der Waals surface area contributed by atoms with Crippen molar-refractivity contribution in [1.29, 1.82) is 0 Å². The summed E-state index contributed by atoms with van der Waals surface area (Å²) in [4.78, 5) is 22.5. The molecule has 0 fully saturated rings. The number of aromatic carboxylic acids is 1. The van der Waals surface area contributed by atoms with E-state index >= 15 is 0 Å². The number of halogens is 1. The lowest BCUT2D eigenvalue weighted by molar-refractivity contribution is 0.0697. The summed E-state index contributed by atoms with van der Waals surface area (Å²) in [7, 11) is 0. The molecule has 1 aromatic carbocycles. The molecule has 6 nitrogen and oxygen atoms in total. The van der Waals surface area contributed by atoms with E-state index in [0.717, 1.165) is 18.6 Å². The van der Waals surface area contributed by atoms with Gasteiger partial charge in [0.1, 0.15) is 5.82 Å². The fourth-order valence-electron chi connectivity index (χ4n) is 1.47. The van der Waals surface area contributed by atoms with Crippen LogP contribution in [-0.4, -0.2) is 36.9 Å². The average molecular weight is 296 g/mol. The molecular formula is C14H17FN2O4. The summed E-state index contributed by atoms with van der Waals surface area (Å²) in [6.45, 7) is 4.67. The van der Waals surface area contributed by atoms with Gasteiger partial charge in [0.2, 0.25) is 0 Å². The molecule has 1 aromatic rings. The van der Waals surface area contributed by atoms with Crippen LogP contribution in [0.3, 0.4) is 0 Å². The smallest absolute Gasteiger partial charge is 0.337 e. The van der Waals surface area contributed by atoms with Crippen molar-refractivity contribution in [2.75, 3.05) is 25.1 Å². The van der Waals surface area contributed by atoms with Gasteiger partial charge in [-0.05, 0) is 24.6 Å². The third-order valence-electron chi connectivity index (χ3n) is 2.46. The third-order valence-corrected chi connectivity index (χ3v) is 2.46. The largest absolute Gasteiger partial charge is 0.478 e. The van der Waals surface area contributed by atoms with Crippen LogP contribution in [0.1, 0.15) is 16.8 Å². The molecule has 0 aromatic heterocycles. The predicted molar refractivity (Wildman–Crippen MR) is 76.0 cm³/mol. The number of carboxylic acids is 1. The van der Waals surface area contributed by atoms with Gasteiger partial charge in [-0.3, -0.25) is 0 Å². The molecule has 0 heterocycles. The van der Waals surface area contributed by atoms with Crippen molar-refractivity contribution >= 4 is 17.7 Å². The zero-order valence-corrected chi connectivity index (χ0v) is 11.4. The van der Waals surface area contributed by atoms with Gasteiger partial charge < -0.3 is 20.5 Å². The normalized spacial score (nSPS) is 9.95. The first-order valence-electron chi connectivity index (χ1n) is 6.31. The second-order valence-corrected chi connectivity index (χ2v) is 4.07. The van der Waals surface area contributed by atoms with Crippen molar-refractivity contribution < 1.29 is 23.8 Å². The van der Waals surface area contributed by atoms with Crippen LogP contribution in [0, 0.1) is 5.82 Å². The fraction of sp³-hybridized carbons (Fsp3) is 0.286. The van der Waals surface area contributed by atoms with E-state index < -0.39 is 17.8 Å². The topological polar surface area (TPSA) is 87.7 Å². The van der Waals surface area contributed by atoms with Crippen LogP contribution in [0.4, 0.5) is 14.9 Å². The predicted octanol–water partition coefficient (Wildman–Crippen LogP) is 2.24. The number of nitrogens with one attached hydrogen (secondary N) is 2. The highest BCUT2D eigenvalue weighted by atomic mass is 19.1. The molecule has 114 valence electrons. The first-order chi connectivity index (χ1) is 10.0. The minimum absolute atomic E-state index is 0.0222. The highest BCUT2D eigenvalue weighted by molar-refractivity contribution is 5.99. The van der Waals surface area contributed by atoms with Crippen molar-refractivity contribution in [3.63, 3.8) is 0 Å². The van der Waals surface area contributed by atoms with Crippen LogP contribution in [-0.2, 0) is 4.74 Å². The van der Waals surface area contributed by atoms with E-state index in [4.69, 9.17) is 9.84 Å². The number of carbonyl (C=O) groups is 2. The number of carboxylic acid groups (broad SMARTS) is 1. The first kappa shape index (κ1) is 16.6. The molecule has 0 aliphatic carbocycles. The fourth-order valence-corrected chi connectivity index (χ4v) is 1.47. The first-order valence-corrected chi connectivity index (χ1v) is 6.31. The highest BCUT2D eigenvalue weighted by Gasteiger charge is 2.13. The Kier molecular flexibility index (Phi) is 6.90. The van der Waals surface area contributed by atoms with Crippen LogP contribution in [0.2, 0.25) is 0 Å². The molecule has 0 atom stereocenters. The molecule has 21 heavy (non-hydrogen) atoms. The van der Waals surface area contributed by atoms with E-state index in [1.165, 1.54) is 6.07 Å². The van der Waals surface area contributed by atoms with Gasteiger partial charge in [0.25, 0.3) is 0 Å². The molecule has 0 unspecified atom stereocenters. The molecule has 7 heteroatoms. The Morgan fingerprint density at radius 3 is 2.81 bits per heavy atom. The Hall–Kier alpha value is -2.41. The monoisotopic (exact) mass is 296 g/mol. The van der Waals surface area contributed by atoms with Crippen LogP contribution >= 0.6 is 0 Å². The summed E-state index contributed by atoms with van der Waals surface area (Å²) in [6.07, 6.45) is 2.45. The van der Waals surface area contributed by atoms with Gasteiger partial charge in [-0.15, -0.1) is 6.58 Å². The number of anilines is 1. The summed E-state index contributed by atoms with van der Waals surface area (Å²) in [5, 5.41) is 13.8. The molecule has 0 bridgehead atoms. The van der Waals surface area contributed by atoms with Gasteiger partial charge in [-0.1, -0.05) is 6.08 Å². The maximum absolute atomic E-state index is 13.0. The van der Waals surface area contributed by atoms with Crippen LogP contribution in [0.25, 0.3) is 0 Å².